The Hall–Kier alpha value is -1.22. The third kappa shape index (κ3) is 4.13. The first-order chi connectivity index (χ1) is 9.04. The summed E-state index contributed by atoms with van der Waals surface area (Å²) in [4.78, 5) is 2.56. The van der Waals surface area contributed by atoms with E-state index in [1.165, 1.54) is 32.5 Å². The Balaban J connectivity index is 1.83. The van der Waals surface area contributed by atoms with Crippen molar-refractivity contribution in [3.63, 3.8) is 0 Å². The van der Waals surface area contributed by atoms with Crippen LogP contribution in [0.2, 0.25) is 0 Å². The van der Waals surface area contributed by atoms with Gasteiger partial charge in [-0.05, 0) is 49.4 Å². The Morgan fingerprint density at radius 1 is 1.32 bits per heavy atom. The van der Waals surface area contributed by atoms with Gasteiger partial charge in [-0.15, -0.1) is 0 Å². The van der Waals surface area contributed by atoms with Crippen LogP contribution in [0.1, 0.15) is 32.3 Å². The Labute approximate surface area is 116 Å². The Kier molecular flexibility index (Phi) is 4.70. The third-order valence-corrected chi connectivity index (χ3v) is 3.78. The maximum Gasteiger partial charge on any atom is 0.118 e. The quantitative estimate of drug-likeness (QED) is 0.818. The molecule has 1 saturated heterocycles. The van der Waals surface area contributed by atoms with E-state index in [1.54, 1.807) is 6.07 Å². The molecular formula is C16H26N2O. The van der Waals surface area contributed by atoms with Crippen molar-refractivity contribution in [3.8, 4) is 5.75 Å². The monoisotopic (exact) mass is 262 g/mol. The molecule has 1 aromatic carbocycles. The van der Waals surface area contributed by atoms with Crippen molar-refractivity contribution in [2.75, 3.05) is 25.0 Å². The maximum absolute atomic E-state index is 9.53. The van der Waals surface area contributed by atoms with Gasteiger partial charge in [-0.25, -0.2) is 0 Å². The minimum absolute atomic E-state index is 0.373. The fraction of sp³-hybridized carbons (Fsp3) is 0.625. The van der Waals surface area contributed by atoms with Crippen molar-refractivity contribution in [1.82, 2.24) is 4.90 Å². The summed E-state index contributed by atoms with van der Waals surface area (Å²) in [6.07, 6.45) is 2.40. The van der Waals surface area contributed by atoms with Crippen LogP contribution in [0.15, 0.2) is 18.2 Å². The molecule has 0 atom stereocenters. The molecular weight excluding hydrogens is 236 g/mol. The zero-order valence-corrected chi connectivity index (χ0v) is 12.3. The summed E-state index contributed by atoms with van der Waals surface area (Å²) in [7, 11) is 0. The van der Waals surface area contributed by atoms with Gasteiger partial charge in [0.05, 0.1) is 0 Å². The first-order valence-electron chi connectivity index (χ1n) is 7.33. The van der Waals surface area contributed by atoms with E-state index in [0.717, 1.165) is 17.2 Å². The number of anilines is 1. The maximum atomic E-state index is 9.53. The molecule has 0 unspecified atom stereocenters. The molecule has 106 valence electrons. The molecule has 1 aliphatic heterocycles. The molecule has 0 saturated carbocycles. The summed E-state index contributed by atoms with van der Waals surface area (Å²) in [6.45, 7) is 10.1. The number of nitrogens with one attached hydrogen (secondary N) is 1. The van der Waals surface area contributed by atoms with Crippen molar-refractivity contribution in [2.45, 2.75) is 39.7 Å². The lowest BCUT2D eigenvalue weighted by Gasteiger charge is -2.33. The van der Waals surface area contributed by atoms with Gasteiger partial charge in [0.15, 0.2) is 0 Å². The van der Waals surface area contributed by atoms with Gasteiger partial charge in [-0.3, -0.25) is 0 Å². The molecule has 3 heteroatoms. The summed E-state index contributed by atoms with van der Waals surface area (Å²) in [5.41, 5.74) is 2.06. The largest absolute Gasteiger partial charge is 0.508 e. The molecule has 1 heterocycles. The van der Waals surface area contributed by atoms with Gasteiger partial charge in [0.25, 0.3) is 0 Å². The first kappa shape index (κ1) is 14.2. The highest BCUT2D eigenvalue weighted by Crippen LogP contribution is 2.22. The second-order valence-corrected chi connectivity index (χ2v) is 6.11. The summed E-state index contributed by atoms with van der Waals surface area (Å²) in [5, 5.41) is 13.1. The molecule has 3 nitrogen and oxygen atoms in total. The van der Waals surface area contributed by atoms with E-state index in [0.29, 0.717) is 11.8 Å². The van der Waals surface area contributed by atoms with E-state index in [-0.39, 0.29) is 0 Å². The third-order valence-electron chi connectivity index (χ3n) is 3.78. The molecule has 2 N–H and O–H groups in total. The smallest absolute Gasteiger partial charge is 0.118 e. The number of benzene rings is 1. The lowest BCUT2D eigenvalue weighted by atomic mass is 10.0. The van der Waals surface area contributed by atoms with Crippen molar-refractivity contribution in [1.29, 1.82) is 0 Å². The van der Waals surface area contributed by atoms with E-state index in [9.17, 15) is 5.11 Å². The second-order valence-electron chi connectivity index (χ2n) is 6.11. The van der Waals surface area contributed by atoms with E-state index < -0.39 is 0 Å². The fourth-order valence-electron chi connectivity index (χ4n) is 2.76. The Morgan fingerprint density at radius 2 is 2.00 bits per heavy atom. The van der Waals surface area contributed by atoms with Gasteiger partial charge in [-0.2, -0.15) is 0 Å². The molecule has 0 amide bonds. The number of phenols is 1. The Morgan fingerprint density at radius 3 is 2.58 bits per heavy atom. The van der Waals surface area contributed by atoms with E-state index in [1.807, 2.05) is 19.1 Å². The Bertz CT molecular complexity index is 409. The minimum Gasteiger partial charge on any atom is -0.508 e. The zero-order valence-electron chi connectivity index (χ0n) is 12.3. The number of phenolic OH excluding ortho intramolecular Hbond substituents is 1. The van der Waals surface area contributed by atoms with Crippen LogP contribution in [0.5, 0.6) is 5.75 Å². The molecule has 0 aromatic heterocycles. The highest BCUT2D eigenvalue weighted by atomic mass is 16.3. The summed E-state index contributed by atoms with van der Waals surface area (Å²) >= 11 is 0. The van der Waals surface area contributed by atoms with Crippen LogP contribution in [0.25, 0.3) is 0 Å². The SMILES string of the molecule is Cc1cc(NC2CCN(CC(C)C)CC2)ccc1O. The number of piperidine rings is 1. The van der Waals surface area contributed by atoms with E-state index in [4.69, 9.17) is 0 Å². The first-order valence-corrected chi connectivity index (χ1v) is 7.33. The number of aromatic hydroxyl groups is 1. The van der Waals surface area contributed by atoms with Gasteiger partial charge in [0.2, 0.25) is 0 Å². The second kappa shape index (κ2) is 6.29. The molecule has 0 aliphatic carbocycles. The fourth-order valence-corrected chi connectivity index (χ4v) is 2.76. The van der Waals surface area contributed by atoms with Gasteiger partial charge >= 0.3 is 0 Å². The van der Waals surface area contributed by atoms with Crippen LogP contribution in [0, 0.1) is 12.8 Å². The molecule has 2 rings (SSSR count). The number of nitrogens with zero attached hydrogens (tertiary/aromatic N) is 1. The predicted octanol–water partition coefficient (Wildman–Crippen LogP) is 3.23. The normalized spacial score (nSPS) is 17.9. The molecule has 0 spiro atoms. The summed E-state index contributed by atoms with van der Waals surface area (Å²) in [5.74, 6) is 1.13. The molecule has 1 aliphatic rings. The number of hydrogen-bond donors (Lipinski definition) is 2. The topological polar surface area (TPSA) is 35.5 Å². The molecule has 1 aromatic rings. The van der Waals surface area contributed by atoms with Crippen LogP contribution in [0.3, 0.4) is 0 Å². The van der Waals surface area contributed by atoms with Crippen molar-refractivity contribution in [3.05, 3.63) is 23.8 Å². The van der Waals surface area contributed by atoms with Gasteiger partial charge < -0.3 is 15.3 Å². The van der Waals surface area contributed by atoms with Crippen molar-refractivity contribution < 1.29 is 5.11 Å². The summed E-state index contributed by atoms with van der Waals surface area (Å²) < 4.78 is 0. The summed E-state index contributed by atoms with van der Waals surface area (Å²) in [6, 6.07) is 6.32. The van der Waals surface area contributed by atoms with E-state index >= 15 is 0 Å². The van der Waals surface area contributed by atoms with Gasteiger partial charge in [0, 0.05) is 31.4 Å². The molecule has 1 fully saturated rings. The average Bonchev–Trinajstić information content (AvgIpc) is 2.36. The van der Waals surface area contributed by atoms with E-state index in [2.05, 4.69) is 24.1 Å². The zero-order chi connectivity index (χ0) is 13.8. The molecule has 0 bridgehead atoms. The minimum atomic E-state index is 0.373. The highest BCUT2D eigenvalue weighted by Gasteiger charge is 2.19. The predicted molar refractivity (Wildman–Crippen MR) is 80.8 cm³/mol. The van der Waals surface area contributed by atoms with Gasteiger partial charge in [-0.1, -0.05) is 13.8 Å². The van der Waals surface area contributed by atoms with Crippen LogP contribution >= 0.6 is 0 Å². The van der Waals surface area contributed by atoms with Crippen molar-refractivity contribution in [2.24, 2.45) is 5.92 Å². The lowest BCUT2D eigenvalue weighted by molar-refractivity contribution is 0.198. The van der Waals surface area contributed by atoms with Crippen LogP contribution in [-0.2, 0) is 0 Å². The van der Waals surface area contributed by atoms with Crippen LogP contribution in [-0.4, -0.2) is 35.7 Å². The molecule has 19 heavy (non-hydrogen) atoms. The van der Waals surface area contributed by atoms with Gasteiger partial charge in [0.1, 0.15) is 5.75 Å². The van der Waals surface area contributed by atoms with Crippen LogP contribution in [0.4, 0.5) is 5.69 Å². The number of likely N-dealkylation sites (tertiary alicyclic amines) is 1. The standard InChI is InChI=1S/C16H26N2O/c1-12(2)11-18-8-6-14(7-9-18)17-15-4-5-16(19)13(3)10-15/h4-5,10,12,14,17,19H,6-9,11H2,1-3H3. The average molecular weight is 262 g/mol. The number of aryl methyl sites for hydroxylation is 1. The molecule has 0 radical (unpaired) electrons. The number of rotatable bonds is 4. The highest BCUT2D eigenvalue weighted by molar-refractivity contribution is 5.50. The lowest BCUT2D eigenvalue weighted by Crippen LogP contribution is -2.40. The number of hydrogen-bond acceptors (Lipinski definition) is 3. The van der Waals surface area contributed by atoms with Crippen molar-refractivity contribution >= 4 is 5.69 Å². The van der Waals surface area contributed by atoms with Crippen LogP contribution < -0.4 is 5.32 Å².